The van der Waals surface area contributed by atoms with Crippen LogP contribution >= 0.6 is 0 Å². The normalized spacial score (nSPS) is 13.9. The summed E-state index contributed by atoms with van der Waals surface area (Å²) >= 11 is 0. The van der Waals surface area contributed by atoms with Gasteiger partial charge in [0.1, 0.15) is 11.3 Å². The molecule has 3 aromatic rings. The van der Waals surface area contributed by atoms with E-state index in [0.717, 1.165) is 24.2 Å². The van der Waals surface area contributed by atoms with Gasteiger partial charge in [0.15, 0.2) is 5.82 Å². The van der Waals surface area contributed by atoms with E-state index in [0.29, 0.717) is 35.2 Å². The van der Waals surface area contributed by atoms with Crippen LogP contribution in [0.3, 0.4) is 0 Å². The van der Waals surface area contributed by atoms with E-state index in [1.165, 1.54) is 6.20 Å². The van der Waals surface area contributed by atoms with Crippen LogP contribution in [-0.2, 0) is 6.42 Å². The van der Waals surface area contributed by atoms with Crippen molar-refractivity contribution in [2.24, 2.45) is 0 Å². The fourth-order valence-electron chi connectivity index (χ4n) is 2.51. The van der Waals surface area contributed by atoms with Crippen LogP contribution in [0.25, 0.3) is 0 Å². The number of para-hydroxylation sites is 1. The first-order valence-corrected chi connectivity index (χ1v) is 7.83. The summed E-state index contributed by atoms with van der Waals surface area (Å²) < 4.78 is 10.3. The summed E-state index contributed by atoms with van der Waals surface area (Å²) in [6.07, 6.45) is 4.14. The van der Waals surface area contributed by atoms with E-state index in [4.69, 9.17) is 9.05 Å². The zero-order chi connectivity index (χ0) is 16.5. The maximum absolute atomic E-state index is 12.3. The van der Waals surface area contributed by atoms with E-state index in [-0.39, 0.29) is 5.91 Å². The van der Waals surface area contributed by atoms with Crippen LogP contribution in [0.15, 0.2) is 39.5 Å². The van der Waals surface area contributed by atoms with Crippen molar-refractivity contribution in [3.63, 3.8) is 0 Å². The van der Waals surface area contributed by atoms with Crippen molar-refractivity contribution in [3.05, 3.63) is 59.1 Å². The Balaban J connectivity index is 1.53. The molecule has 0 unspecified atom stereocenters. The van der Waals surface area contributed by atoms with Gasteiger partial charge in [0, 0.05) is 11.6 Å². The maximum atomic E-state index is 12.3. The van der Waals surface area contributed by atoms with Crippen LogP contribution in [0.4, 0.5) is 5.69 Å². The van der Waals surface area contributed by atoms with Crippen molar-refractivity contribution < 1.29 is 13.8 Å². The maximum Gasteiger partial charge on any atom is 0.260 e. The number of carbonyl (C=O) groups excluding carboxylic acids is 1. The molecule has 0 spiro atoms. The number of aromatic nitrogens is 3. The summed E-state index contributed by atoms with van der Waals surface area (Å²) in [4.78, 5) is 16.8. The summed E-state index contributed by atoms with van der Waals surface area (Å²) in [6.45, 7) is 1.70. The molecule has 7 nitrogen and oxygen atoms in total. The molecule has 7 heteroatoms. The third-order valence-electron chi connectivity index (χ3n) is 4.03. The highest BCUT2D eigenvalue weighted by atomic mass is 16.5. The summed E-state index contributed by atoms with van der Waals surface area (Å²) in [5.41, 5.74) is 2.03. The van der Waals surface area contributed by atoms with Gasteiger partial charge in [-0.2, -0.15) is 4.98 Å². The lowest BCUT2D eigenvalue weighted by molar-refractivity contribution is 0.102. The SMILES string of the molecule is Cc1oncc1C(=O)Nc1ccccc1Cc1nc(C2CC2)no1. The molecule has 2 heterocycles. The highest BCUT2D eigenvalue weighted by Crippen LogP contribution is 2.38. The zero-order valence-electron chi connectivity index (χ0n) is 13.2. The number of amides is 1. The minimum atomic E-state index is -0.259. The van der Waals surface area contributed by atoms with Crippen LogP contribution in [0.1, 0.15) is 52.2 Å². The standard InChI is InChI=1S/C17H16N4O3/c1-10-13(9-18-23-10)17(22)19-14-5-3-2-4-12(14)8-15-20-16(21-24-15)11-6-7-11/h2-5,9,11H,6-8H2,1H3,(H,19,22). The quantitative estimate of drug-likeness (QED) is 0.775. The topological polar surface area (TPSA) is 94.1 Å². The van der Waals surface area contributed by atoms with Crippen molar-refractivity contribution in [2.75, 3.05) is 5.32 Å². The Labute approximate surface area is 138 Å². The molecule has 0 atom stereocenters. The third kappa shape index (κ3) is 2.92. The molecule has 0 saturated heterocycles. The molecule has 1 N–H and O–H groups in total. The molecule has 0 aliphatic heterocycles. The molecule has 0 radical (unpaired) electrons. The molecular weight excluding hydrogens is 308 g/mol. The van der Waals surface area contributed by atoms with E-state index in [1.54, 1.807) is 6.92 Å². The number of anilines is 1. The number of benzene rings is 1. The second-order valence-corrected chi connectivity index (χ2v) is 5.90. The second-order valence-electron chi connectivity index (χ2n) is 5.90. The van der Waals surface area contributed by atoms with Crippen molar-refractivity contribution in [3.8, 4) is 0 Å². The third-order valence-corrected chi connectivity index (χ3v) is 4.03. The molecule has 1 aliphatic rings. The predicted octanol–water partition coefficient (Wildman–Crippen LogP) is 3.09. The van der Waals surface area contributed by atoms with Gasteiger partial charge in [-0.15, -0.1) is 0 Å². The number of rotatable bonds is 5. The number of hydrogen-bond acceptors (Lipinski definition) is 6. The van der Waals surface area contributed by atoms with Gasteiger partial charge in [0.05, 0.1) is 12.6 Å². The number of nitrogens with zero attached hydrogens (tertiary/aromatic N) is 3. The van der Waals surface area contributed by atoms with Gasteiger partial charge >= 0.3 is 0 Å². The molecule has 122 valence electrons. The fourth-order valence-corrected chi connectivity index (χ4v) is 2.51. The van der Waals surface area contributed by atoms with E-state index in [1.807, 2.05) is 24.3 Å². The van der Waals surface area contributed by atoms with Crippen LogP contribution in [0, 0.1) is 6.92 Å². The summed E-state index contributed by atoms with van der Waals surface area (Å²) in [6, 6.07) is 7.54. The predicted molar refractivity (Wildman–Crippen MR) is 84.7 cm³/mol. The number of carbonyl (C=O) groups is 1. The number of hydrogen-bond donors (Lipinski definition) is 1. The van der Waals surface area contributed by atoms with Crippen LogP contribution in [0.5, 0.6) is 0 Å². The summed E-state index contributed by atoms with van der Waals surface area (Å²) in [5, 5.41) is 10.5. The fraction of sp³-hybridized carbons (Fsp3) is 0.294. The van der Waals surface area contributed by atoms with E-state index in [9.17, 15) is 4.79 Å². The van der Waals surface area contributed by atoms with E-state index >= 15 is 0 Å². The van der Waals surface area contributed by atoms with Gasteiger partial charge in [-0.3, -0.25) is 4.79 Å². The Kier molecular flexibility index (Phi) is 3.60. The molecule has 24 heavy (non-hydrogen) atoms. The minimum Gasteiger partial charge on any atom is -0.361 e. The highest BCUT2D eigenvalue weighted by Gasteiger charge is 2.28. The first-order valence-electron chi connectivity index (χ1n) is 7.83. The number of nitrogens with one attached hydrogen (secondary N) is 1. The monoisotopic (exact) mass is 324 g/mol. The molecule has 2 aromatic heterocycles. The summed E-state index contributed by atoms with van der Waals surface area (Å²) in [5.74, 6) is 2.02. The first-order chi connectivity index (χ1) is 11.7. The van der Waals surface area contributed by atoms with E-state index in [2.05, 4.69) is 20.6 Å². The minimum absolute atomic E-state index is 0.259. The molecule has 1 saturated carbocycles. The second kappa shape index (κ2) is 5.92. The van der Waals surface area contributed by atoms with Gasteiger partial charge in [-0.05, 0) is 31.4 Å². The Hall–Kier alpha value is -2.96. The molecule has 0 bridgehead atoms. The van der Waals surface area contributed by atoms with Gasteiger partial charge in [0.2, 0.25) is 5.89 Å². The lowest BCUT2D eigenvalue weighted by Gasteiger charge is -2.09. The largest absolute Gasteiger partial charge is 0.361 e. The van der Waals surface area contributed by atoms with Crippen molar-refractivity contribution in [1.82, 2.24) is 15.3 Å². The molecule has 1 amide bonds. The van der Waals surface area contributed by atoms with Crippen LogP contribution in [0.2, 0.25) is 0 Å². The molecular formula is C17H16N4O3. The van der Waals surface area contributed by atoms with Crippen molar-refractivity contribution in [1.29, 1.82) is 0 Å². The van der Waals surface area contributed by atoms with Crippen LogP contribution in [-0.4, -0.2) is 21.2 Å². The molecule has 4 rings (SSSR count). The molecule has 1 aliphatic carbocycles. The zero-order valence-corrected chi connectivity index (χ0v) is 13.2. The van der Waals surface area contributed by atoms with Gasteiger partial charge < -0.3 is 14.4 Å². The first kappa shape index (κ1) is 14.6. The average molecular weight is 324 g/mol. The molecule has 1 aromatic carbocycles. The van der Waals surface area contributed by atoms with E-state index < -0.39 is 0 Å². The Morgan fingerprint density at radius 3 is 2.88 bits per heavy atom. The van der Waals surface area contributed by atoms with Gasteiger partial charge in [-0.25, -0.2) is 0 Å². The Bertz CT molecular complexity index is 879. The average Bonchev–Trinajstić information content (AvgIpc) is 3.17. The highest BCUT2D eigenvalue weighted by molar-refractivity contribution is 6.05. The lowest BCUT2D eigenvalue weighted by atomic mass is 10.1. The van der Waals surface area contributed by atoms with Crippen molar-refractivity contribution >= 4 is 11.6 Å². The van der Waals surface area contributed by atoms with Crippen LogP contribution < -0.4 is 5.32 Å². The smallest absolute Gasteiger partial charge is 0.260 e. The molecule has 1 fully saturated rings. The number of aryl methyl sites for hydroxylation is 1. The Morgan fingerprint density at radius 2 is 2.12 bits per heavy atom. The van der Waals surface area contributed by atoms with Gasteiger partial charge in [0.25, 0.3) is 5.91 Å². The van der Waals surface area contributed by atoms with Gasteiger partial charge in [-0.1, -0.05) is 28.5 Å². The van der Waals surface area contributed by atoms with Crippen molar-refractivity contribution in [2.45, 2.75) is 32.1 Å². The lowest BCUT2D eigenvalue weighted by Crippen LogP contribution is -2.13. The summed E-state index contributed by atoms with van der Waals surface area (Å²) in [7, 11) is 0. The Morgan fingerprint density at radius 1 is 1.29 bits per heavy atom.